The molecule has 0 saturated heterocycles. The van der Waals surface area contributed by atoms with Crippen LogP contribution in [0.3, 0.4) is 0 Å². The number of aromatic amines is 1. The van der Waals surface area contributed by atoms with Crippen LogP contribution >= 0.6 is 0 Å². The molecule has 2 heterocycles. The monoisotopic (exact) mass is 365 g/mol. The zero-order valence-electron chi connectivity index (χ0n) is 16.8. The maximum absolute atomic E-state index is 13.1. The fourth-order valence-electron chi connectivity index (χ4n) is 3.73. The molecule has 1 unspecified atom stereocenters. The van der Waals surface area contributed by atoms with Gasteiger partial charge in [0.15, 0.2) is 0 Å². The Morgan fingerprint density at radius 3 is 2.41 bits per heavy atom. The molecule has 0 spiro atoms. The fraction of sp³-hybridized carbons (Fsp3) is 0.381. The van der Waals surface area contributed by atoms with Crippen LogP contribution in [0, 0.1) is 19.8 Å². The van der Waals surface area contributed by atoms with Gasteiger partial charge in [0.05, 0.1) is 17.4 Å². The molecule has 2 aromatic heterocycles. The van der Waals surface area contributed by atoms with Crippen molar-refractivity contribution in [2.24, 2.45) is 13.0 Å². The van der Waals surface area contributed by atoms with E-state index in [2.05, 4.69) is 41.3 Å². The van der Waals surface area contributed by atoms with Crippen LogP contribution in [0.4, 0.5) is 0 Å². The van der Waals surface area contributed by atoms with Gasteiger partial charge in [-0.2, -0.15) is 10.2 Å². The van der Waals surface area contributed by atoms with E-state index in [0.29, 0.717) is 5.69 Å². The van der Waals surface area contributed by atoms with E-state index in [0.717, 1.165) is 28.2 Å². The Bertz CT molecular complexity index is 939. The highest BCUT2D eigenvalue weighted by atomic mass is 16.2. The predicted molar refractivity (Wildman–Crippen MR) is 106 cm³/mol. The number of rotatable bonds is 5. The van der Waals surface area contributed by atoms with E-state index in [1.54, 1.807) is 4.90 Å². The lowest BCUT2D eigenvalue weighted by Crippen LogP contribution is -2.34. The van der Waals surface area contributed by atoms with E-state index in [4.69, 9.17) is 0 Å². The van der Waals surface area contributed by atoms with E-state index in [1.807, 2.05) is 56.9 Å². The van der Waals surface area contributed by atoms with Crippen molar-refractivity contribution in [2.45, 2.75) is 33.7 Å². The third-order valence-corrected chi connectivity index (χ3v) is 5.08. The summed E-state index contributed by atoms with van der Waals surface area (Å²) in [6, 6.07) is 11.9. The summed E-state index contributed by atoms with van der Waals surface area (Å²) in [5, 5.41) is 11.7. The smallest absolute Gasteiger partial charge is 0.272 e. The normalized spacial score (nSPS) is 12.4. The van der Waals surface area contributed by atoms with Crippen molar-refractivity contribution in [3.8, 4) is 11.3 Å². The largest absolute Gasteiger partial charge is 0.333 e. The average molecular weight is 365 g/mol. The van der Waals surface area contributed by atoms with Crippen molar-refractivity contribution in [3.63, 3.8) is 0 Å². The first kappa shape index (κ1) is 18.9. The molecular weight excluding hydrogens is 338 g/mol. The highest BCUT2D eigenvalue weighted by Crippen LogP contribution is 2.30. The number of amides is 1. The second-order valence-corrected chi connectivity index (χ2v) is 7.35. The Morgan fingerprint density at radius 2 is 1.85 bits per heavy atom. The molecule has 0 aliphatic rings. The first-order valence-corrected chi connectivity index (χ1v) is 9.19. The maximum atomic E-state index is 13.1. The van der Waals surface area contributed by atoms with Crippen molar-refractivity contribution in [1.82, 2.24) is 24.9 Å². The Labute approximate surface area is 160 Å². The SMILES string of the molecule is Cc1nn(C)c(C)c1-c1cc(C(=O)N(C)C(c2ccccc2)C(C)C)[nH]n1. The standard InChI is InChI=1S/C21H27N5O/c1-13(2)20(16-10-8-7-9-11-16)25(5)21(27)18-12-17(22-23-18)19-14(3)24-26(6)15(19)4/h7-13,20H,1-6H3,(H,22,23). The van der Waals surface area contributed by atoms with Crippen molar-refractivity contribution < 1.29 is 4.79 Å². The molecule has 27 heavy (non-hydrogen) atoms. The predicted octanol–water partition coefficient (Wildman–Crippen LogP) is 3.90. The number of aromatic nitrogens is 4. The molecule has 3 rings (SSSR count). The lowest BCUT2D eigenvalue weighted by Gasteiger charge is -2.31. The van der Waals surface area contributed by atoms with Crippen molar-refractivity contribution in [3.05, 3.63) is 59.0 Å². The van der Waals surface area contributed by atoms with Gasteiger partial charge in [0.2, 0.25) is 0 Å². The highest BCUT2D eigenvalue weighted by Gasteiger charge is 2.27. The van der Waals surface area contributed by atoms with Gasteiger partial charge in [0, 0.05) is 25.4 Å². The third kappa shape index (κ3) is 3.52. The maximum Gasteiger partial charge on any atom is 0.272 e. The number of nitrogens with one attached hydrogen (secondary N) is 1. The molecule has 0 bridgehead atoms. The Hall–Kier alpha value is -2.89. The summed E-state index contributed by atoms with van der Waals surface area (Å²) in [5.74, 6) is 0.210. The number of hydrogen-bond donors (Lipinski definition) is 1. The van der Waals surface area contributed by atoms with Gasteiger partial charge in [-0.25, -0.2) is 0 Å². The van der Waals surface area contributed by atoms with Gasteiger partial charge >= 0.3 is 0 Å². The molecule has 0 aliphatic heterocycles. The van der Waals surface area contributed by atoms with Gasteiger partial charge in [-0.15, -0.1) is 0 Å². The molecule has 1 amide bonds. The summed E-state index contributed by atoms with van der Waals surface area (Å²) in [5.41, 5.74) is 5.25. The van der Waals surface area contributed by atoms with Gasteiger partial charge in [0.25, 0.3) is 5.91 Å². The lowest BCUT2D eigenvalue weighted by atomic mass is 9.94. The van der Waals surface area contributed by atoms with Gasteiger partial charge in [-0.1, -0.05) is 44.2 Å². The van der Waals surface area contributed by atoms with Gasteiger partial charge in [-0.3, -0.25) is 14.6 Å². The Balaban J connectivity index is 1.90. The summed E-state index contributed by atoms with van der Waals surface area (Å²) in [6.07, 6.45) is 0. The van der Waals surface area contributed by atoms with E-state index in [1.165, 1.54) is 0 Å². The first-order valence-electron chi connectivity index (χ1n) is 9.19. The van der Waals surface area contributed by atoms with Crippen LogP contribution in [0.2, 0.25) is 0 Å². The average Bonchev–Trinajstić information content (AvgIpc) is 3.20. The van der Waals surface area contributed by atoms with E-state index in [9.17, 15) is 4.79 Å². The van der Waals surface area contributed by atoms with Crippen LogP contribution in [0.1, 0.15) is 47.3 Å². The number of hydrogen-bond acceptors (Lipinski definition) is 3. The van der Waals surface area contributed by atoms with Crippen LogP contribution in [-0.4, -0.2) is 37.8 Å². The summed E-state index contributed by atoms with van der Waals surface area (Å²) < 4.78 is 1.83. The summed E-state index contributed by atoms with van der Waals surface area (Å²) in [7, 11) is 3.76. The molecule has 1 atom stereocenters. The molecule has 0 fully saturated rings. The van der Waals surface area contributed by atoms with Crippen LogP contribution in [0.5, 0.6) is 0 Å². The number of H-pyrrole nitrogens is 1. The molecule has 1 N–H and O–H groups in total. The molecule has 0 aliphatic carbocycles. The molecule has 0 radical (unpaired) electrons. The van der Waals surface area contributed by atoms with Crippen LogP contribution in [-0.2, 0) is 7.05 Å². The quantitative estimate of drug-likeness (QED) is 0.746. The second-order valence-electron chi connectivity index (χ2n) is 7.35. The Kier molecular flexibility index (Phi) is 5.17. The minimum Gasteiger partial charge on any atom is -0.333 e. The summed E-state index contributed by atoms with van der Waals surface area (Å²) in [6.45, 7) is 8.21. The topological polar surface area (TPSA) is 66.8 Å². The van der Waals surface area contributed by atoms with E-state index >= 15 is 0 Å². The highest BCUT2D eigenvalue weighted by molar-refractivity contribution is 5.93. The van der Waals surface area contributed by atoms with Gasteiger partial charge in [0.1, 0.15) is 5.69 Å². The molecule has 6 heteroatoms. The summed E-state index contributed by atoms with van der Waals surface area (Å²) in [4.78, 5) is 14.9. The van der Waals surface area contributed by atoms with Crippen LogP contribution < -0.4 is 0 Å². The van der Waals surface area contributed by atoms with Gasteiger partial charge < -0.3 is 4.90 Å². The van der Waals surface area contributed by atoms with E-state index in [-0.39, 0.29) is 17.9 Å². The molecule has 142 valence electrons. The fourth-order valence-corrected chi connectivity index (χ4v) is 3.73. The van der Waals surface area contributed by atoms with E-state index < -0.39 is 0 Å². The van der Waals surface area contributed by atoms with Crippen molar-refractivity contribution in [1.29, 1.82) is 0 Å². The first-order chi connectivity index (χ1) is 12.8. The number of nitrogens with zero attached hydrogens (tertiary/aromatic N) is 4. The van der Waals surface area contributed by atoms with Gasteiger partial charge in [-0.05, 0) is 31.4 Å². The second kappa shape index (κ2) is 7.39. The molecule has 1 aromatic carbocycles. The molecule has 6 nitrogen and oxygen atoms in total. The van der Waals surface area contributed by atoms with Crippen molar-refractivity contribution >= 4 is 5.91 Å². The minimum absolute atomic E-state index is 0.00712. The number of benzene rings is 1. The third-order valence-electron chi connectivity index (χ3n) is 5.08. The zero-order valence-corrected chi connectivity index (χ0v) is 16.8. The summed E-state index contributed by atoms with van der Waals surface area (Å²) >= 11 is 0. The van der Waals surface area contributed by atoms with Crippen LogP contribution in [0.25, 0.3) is 11.3 Å². The lowest BCUT2D eigenvalue weighted by molar-refractivity contribution is 0.0681. The number of carbonyl (C=O) groups is 1. The molecule has 0 saturated carbocycles. The Morgan fingerprint density at radius 1 is 1.19 bits per heavy atom. The zero-order chi connectivity index (χ0) is 19.7. The molecule has 3 aromatic rings. The van der Waals surface area contributed by atoms with Crippen LogP contribution in [0.15, 0.2) is 36.4 Å². The minimum atomic E-state index is -0.0736. The number of aryl methyl sites for hydroxylation is 2. The number of carbonyl (C=O) groups excluding carboxylic acids is 1. The van der Waals surface area contributed by atoms with Crippen molar-refractivity contribution in [2.75, 3.05) is 7.05 Å². The molecular formula is C21H27N5O.